The van der Waals surface area contributed by atoms with Crippen molar-refractivity contribution in [3.8, 4) is 0 Å². The van der Waals surface area contributed by atoms with Crippen molar-refractivity contribution in [2.45, 2.75) is 90.4 Å². The Balaban J connectivity index is 1.82. The van der Waals surface area contributed by atoms with Crippen LogP contribution in [0.25, 0.3) is 6.08 Å². The van der Waals surface area contributed by atoms with E-state index in [1.54, 1.807) is 6.92 Å². The van der Waals surface area contributed by atoms with Crippen molar-refractivity contribution in [1.29, 1.82) is 0 Å². The van der Waals surface area contributed by atoms with E-state index in [9.17, 15) is 14.4 Å². The molecule has 2 aliphatic rings. The monoisotopic (exact) mass is 524 g/mol. The lowest BCUT2D eigenvalue weighted by Gasteiger charge is -2.36. The van der Waals surface area contributed by atoms with Crippen LogP contribution in [0.4, 0.5) is 0 Å². The molecular formula is C30H44N4O4. The molecule has 0 unspecified atom stereocenters. The second kappa shape index (κ2) is 13.6. The number of hydrogen-bond donors (Lipinski definition) is 2. The van der Waals surface area contributed by atoms with Crippen LogP contribution in [0, 0.1) is 5.92 Å². The van der Waals surface area contributed by atoms with Gasteiger partial charge in [-0.1, -0.05) is 50.8 Å². The lowest BCUT2D eigenvalue weighted by atomic mass is 10.00. The van der Waals surface area contributed by atoms with E-state index in [2.05, 4.69) is 29.5 Å². The molecule has 1 saturated heterocycles. The molecule has 8 nitrogen and oxygen atoms in total. The highest BCUT2D eigenvalue weighted by molar-refractivity contribution is 5.90. The fourth-order valence-corrected chi connectivity index (χ4v) is 5.06. The lowest BCUT2D eigenvalue weighted by Crippen LogP contribution is -2.60. The second-order valence-corrected chi connectivity index (χ2v) is 10.8. The zero-order valence-corrected chi connectivity index (χ0v) is 23.5. The molecule has 1 aromatic carbocycles. The molecule has 38 heavy (non-hydrogen) atoms. The number of amides is 2. The number of allylic oxidation sites excluding steroid dienone is 2. The highest BCUT2D eigenvalue weighted by atomic mass is 16.5. The van der Waals surface area contributed by atoms with E-state index in [0.29, 0.717) is 19.4 Å². The molecule has 3 rings (SSSR count). The van der Waals surface area contributed by atoms with Crippen molar-refractivity contribution in [2.75, 3.05) is 13.6 Å². The molecular weight excluding hydrogens is 480 g/mol. The molecule has 0 aliphatic carbocycles. The normalized spacial score (nSPS) is 27.7. The molecule has 2 heterocycles. The number of nitrogens with one attached hydrogen (secondary N) is 2. The van der Waals surface area contributed by atoms with Gasteiger partial charge >= 0.3 is 5.97 Å². The number of esters is 1. The van der Waals surface area contributed by atoms with E-state index in [1.165, 1.54) is 5.01 Å². The van der Waals surface area contributed by atoms with Crippen molar-refractivity contribution in [2.24, 2.45) is 5.92 Å². The zero-order valence-electron chi connectivity index (χ0n) is 23.5. The van der Waals surface area contributed by atoms with Gasteiger partial charge in [0.2, 0.25) is 5.91 Å². The topological polar surface area (TPSA) is 91.0 Å². The van der Waals surface area contributed by atoms with Gasteiger partial charge in [-0.25, -0.2) is 5.43 Å². The molecule has 1 fully saturated rings. The van der Waals surface area contributed by atoms with E-state index in [0.717, 1.165) is 42.5 Å². The number of fused-ring (bicyclic) bond motifs is 4. The number of carbonyl (C=O) groups is 3. The van der Waals surface area contributed by atoms with Crippen LogP contribution in [0.5, 0.6) is 0 Å². The molecule has 0 radical (unpaired) electrons. The van der Waals surface area contributed by atoms with Gasteiger partial charge in [-0.05, 0) is 75.5 Å². The first kappa shape index (κ1) is 29.4. The quantitative estimate of drug-likeness (QED) is 0.531. The number of hydrogen-bond acceptors (Lipinski definition) is 6. The van der Waals surface area contributed by atoms with Gasteiger partial charge in [0.05, 0.1) is 0 Å². The smallest absolute Gasteiger partial charge is 0.325 e. The number of rotatable bonds is 1. The van der Waals surface area contributed by atoms with Crippen LogP contribution in [0.3, 0.4) is 0 Å². The molecule has 4 bridgehead atoms. The molecule has 2 amide bonds. The summed E-state index contributed by atoms with van der Waals surface area (Å²) in [6, 6.07) is 6.18. The van der Waals surface area contributed by atoms with Gasteiger partial charge in [0.15, 0.2) is 0 Å². The highest BCUT2D eigenvalue weighted by Gasteiger charge is 2.34. The third-order valence-corrected chi connectivity index (χ3v) is 7.35. The summed E-state index contributed by atoms with van der Waals surface area (Å²) >= 11 is 0. The maximum absolute atomic E-state index is 13.3. The number of carbonyl (C=O) groups excluding carboxylic acids is 3. The van der Waals surface area contributed by atoms with E-state index >= 15 is 0 Å². The summed E-state index contributed by atoms with van der Waals surface area (Å²) in [4.78, 5) is 41.4. The average molecular weight is 525 g/mol. The van der Waals surface area contributed by atoms with Gasteiger partial charge < -0.3 is 15.0 Å². The number of nitrogens with zero attached hydrogens (tertiary/aromatic N) is 2. The van der Waals surface area contributed by atoms with Crippen LogP contribution in [0.1, 0.15) is 83.5 Å². The van der Waals surface area contributed by atoms with Crippen LogP contribution >= 0.6 is 0 Å². The first-order valence-electron chi connectivity index (χ1n) is 13.8. The summed E-state index contributed by atoms with van der Waals surface area (Å²) in [7, 11) is 1.90. The van der Waals surface area contributed by atoms with Crippen LogP contribution in [0.2, 0.25) is 0 Å². The molecule has 0 spiro atoms. The molecule has 1 aromatic rings. The Morgan fingerprint density at radius 2 is 1.87 bits per heavy atom. The third-order valence-electron chi connectivity index (χ3n) is 7.35. The van der Waals surface area contributed by atoms with Crippen LogP contribution in [-0.2, 0) is 19.1 Å². The second-order valence-electron chi connectivity index (χ2n) is 10.8. The van der Waals surface area contributed by atoms with Crippen molar-refractivity contribution < 1.29 is 19.1 Å². The summed E-state index contributed by atoms with van der Waals surface area (Å²) in [5.74, 6) is -0.862. The van der Waals surface area contributed by atoms with E-state index in [-0.39, 0.29) is 17.7 Å². The first-order chi connectivity index (χ1) is 18.1. The fraction of sp³-hybridized carbons (Fsp3) is 0.567. The van der Waals surface area contributed by atoms with Crippen molar-refractivity contribution in [1.82, 2.24) is 20.7 Å². The summed E-state index contributed by atoms with van der Waals surface area (Å²) < 4.78 is 5.78. The maximum Gasteiger partial charge on any atom is 0.325 e. The molecule has 208 valence electrons. The number of benzene rings is 1. The minimum Gasteiger partial charge on any atom is -0.457 e. The van der Waals surface area contributed by atoms with Gasteiger partial charge in [-0.3, -0.25) is 19.4 Å². The molecule has 0 aromatic heterocycles. The number of cyclic esters (lactones) is 1. The van der Waals surface area contributed by atoms with Gasteiger partial charge in [0.1, 0.15) is 24.2 Å². The average Bonchev–Trinajstić information content (AvgIpc) is 2.89. The Morgan fingerprint density at radius 3 is 2.61 bits per heavy atom. The Labute approximate surface area is 227 Å². The highest BCUT2D eigenvalue weighted by Crippen LogP contribution is 2.22. The molecule has 4 atom stereocenters. The number of hydrazine groups is 1. The molecule has 2 N–H and O–H groups in total. The van der Waals surface area contributed by atoms with E-state index in [1.807, 2.05) is 57.0 Å². The standard InChI is InChI=1S/C30H44N4O4/c1-20(2)27-28(35)31-22(4)29(36)34-18-12-17-26(32-34)30(37)38-23(5)25-16-11-15-24(19-25)14-10-8-7-9-13-21(3)33(27)6/h10-11,14-16,19-20,22-23,26-27,32H,3,7-9,12-13,17-18H2,1-2,4-6H3,(H,31,35)/b14-10+/t22-,23+,26-,27-/m0/s1. The Kier molecular flexibility index (Phi) is 10.5. The SMILES string of the molecule is C=C1CCCC/C=C/c2cccc(c2)[C@@H](C)OC(=O)[C@@H]2CCCN(N2)C(=O)[C@H](C)NC(=O)[C@H](C(C)C)N1C. The minimum atomic E-state index is -0.751. The van der Waals surface area contributed by atoms with E-state index in [4.69, 9.17) is 4.74 Å². The summed E-state index contributed by atoms with van der Waals surface area (Å²) in [6.07, 6.45) is 8.77. The predicted octanol–water partition coefficient (Wildman–Crippen LogP) is 4.35. The van der Waals surface area contributed by atoms with E-state index < -0.39 is 30.2 Å². The molecule has 8 heteroatoms. The molecule has 2 aliphatic heterocycles. The maximum atomic E-state index is 13.3. The van der Waals surface area contributed by atoms with Gasteiger partial charge in [-0.15, -0.1) is 0 Å². The van der Waals surface area contributed by atoms with Crippen molar-refractivity contribution in [3.05, 3.63) is 53.7 Å². The summed E-state index contributed by atoms with van der Waals surface area (Å²) in [5.41, 5.74) is 5.92. The number of likely N-dealkylation sites (N-methyl/N-ethyl adjacent to an activating group) is 1. The van der Waals surface area contributed by atoms with Gasteiger partial charge in [-0.2, -0.15) is 0 Å². The summed E-state index contributed by atoms with van der Waals surface area (Å²) in [5, 5.41) is 4.34. The lowest BCUT2D eigenvalue weighted by molar-refractivity contribution is -0.157. The minimum absolute atomic E-state index is 0.0255. The van der Waals surface area contributed by atoms with Crippen LogP contribution in [0.15, 0.2) is 42.6 Å². The van der Waals surface area contributed by atoms with Crippen molar-refractivity contribution >= 4 is 23.9 Å². The largest absolute Gasteiger partial charge is 0.457 e. The van der Waals surface area contributed by atoms with Crippen molar-refractivity contribution in [3.63, 3.8) is 0 Å². The van der Waals surface area contributed by atoms with Gasteiger partial charge in [0.25, 0.3) is 5.91 Å². The Bertz CT molecular complexity index is 1040. The predicted molar refractivity (Wildman–Crippen MR) is 149 cm³/mol. The fourth-order valence-electron chi connectivity index (χ4n) is 5.06. The van der Waals surface area contributed by atoms with Gasteiger partial charge in [0, 0.05) is 19.3 Å². The first-order valence-corrected chi connectivity index (χ1v) is 13.8. The Hall–Kier alpha value is -3.13. The zero-order chi connectivity index (χ0) is 27.8. The third kappa shape index (κ3) is 7.69. The molecule has 0 saturated carbocycles. The number of ether oxygens (including phenoxy) is 1. The van der Waals surface area contributed by atoms with Crippen LogP contribution in [-0.4, -0.2) is 59.4 Å². The van der Waals surface area contributed by atoms with Crippen LogP contribution < -0.4 is 10.7 Å². The Morgan fingerprint density at radius 1 is 1.11 bits per heavy atom. The summed E-state index contributed by atoms with van der Waals surface area (Å²) in [6.45, 7) is 12.2.